The predicted octanol–water partition coefficient (Wildman–Crippen LogP) is 5.78. The third kappa shape index (κ3) is 4.83. The maximum Gasteiger partial charge on any atom is 0.123 e. The van der Waals surface area contributed by atoms with Crippen LogP contribution in [0.4, 0.5) is 10.1 Å². The van der Waals surface area contributed by atoms with Crippen LogP contribution in [0.25, 0.3) is 0 Å². The van der Waals surface area contributed by atoms with E-state index in [1.807, 2.05) is 48.5 Å². The Kier molecular flexibility index (Phi) is 5.49. The third-order valence-electron chi connectivity index (χ3n) is 3.58. The standard InChI is InChI=1S/C20H17BrFNO/c21-17-5-9-19(10-6-17)23-13-15-3-11-20(12-4-15)24-14-16-1-7-18(22)8-2-16/h1-12,23H,13-14H2. The Morgan fingerprint density at radius 1 is 0.792 bits per heavy atom. The summed E-state index contributed by atoms with van der Waals surface area (Å²) in [7, 11) is 0. The van der Waals surface area contributed by atoms with Gasteiger partial charge in [0.05, 0.1) is 0 Å². The van der Waals surface area contributed by atoms with Crippen LogP contribution < -0.4 is 10.1 Å². The molecule has 0 radical (unpaired) electrons. The highest BCUT2D eigenvalue weighted by Crippen LogP contribution is 2.17. The second-order valence-electron chi connectivity index (χ2n) is 5.42. The highest BCUT2D eigenvalue weighted by atomic mass is 79.9. The second-order valence-corrected chi connectivity index (χ2v) is 6.34. The van der Waals surface area contributed by atoms with E-state index in [9.17, 15) is 4.39 Å². The van der Waals surface area contributed by atoms with Gasteiger partial charge >= 0.3 is 0 Å². The molecule has 3 aromatic rings. The van der Waals surface area contributed by atoms with Gasteiger partial charge in [0.25, 0.3) is 0 Å². The summed E-state index contributed by atoms with van der Waals surface area (Å²) in [6.07, 6.45) is 0. The number of hydrogen-bond donors (Lipinski definition) is 1. The van der Waals surface area contributed by atoms with Gasteiger partial charge in [0.2, 0.25) is 0 Å². The molecular weight excluding hydrogens is 369 g/mol. The van der Waals surface area contributed by atoms with Crippen molar-refractivity contribution in [2.45, 2.75) is 13.2 Å². The Morgan fingerprint density at radius 3 is 2.08 bits per heavy atom. The lowest BCUT2D eigenvalue weighted by Crippen LogP contribution is -1.99. The van der Waals surface area contributed by atoms with Crippen molar-refractivity contribution >= 4 is 21.6 Å². The molecule has 0 atom stereocenters. The van der Waals surface area contributed by atoms with Gasteiger partial charge < -0.3 is 10.1 Å². The number of ether oxygens (including phenoxy) is 1. The number of anilines is 1. The number of hydrogen-bond acceptors (Lipinski definition) is 2. The van der Waals surface area contributed by atoms with Crippen molar-refractivity contribution in [2.75, 3.05) is 5.32 Å². The molecular formula is C20H17BrFNO. The van der Waals surface area contributed by atoms with E-state index < -0.39 is 0 Å². The van der Waals surface area contributed by atoms with E-state index in [2.05, 4.69) is 21.2 Å². The molecule has 0 aromatic heterocycles. The average molecular weight is 386 g/mol. The summed E-state index contributed by atoms with van der Waals surface area (Å²) in [4.78, 5) is 0. The van der Waals surface area contributed by atoms with Gasteiger partial charge in [-0.05, 0) is 59.7 Å². The number of halogens is 2. The Bertz CT molecular complexity index is 702. The van der Waals surface area contributed by atoms with Crippen LogP contribution >= 0.6 is 15.9 Å². The van der Waals surface area contributed by atoms with Crippen LogP contribution in [0.5, 0.6) is 5.75 Å². The molecule has 0 aliphatic carbocycles. The van der Waals surface area contributed by atoms with E-state index in [1.54, 1.807) is 12.1 Å². The summed E-state index contributed by atoms with van der Waals surface area (Å²) >= 11 is 3.42. The third-order valence-corrected chi connectivity index (χ3v) is 4.11. The fourth-order valence-electron chi connectivity index (χ4n) is 2.22. The normalized spacial score (nSPS) is 10.4. The maximum absolute atomic E-state index is 12.9. The molecule has 0 saturated heterocycles. The second kappa shape index (κ2) is 7.97. The lowest BCUT2D eigenvalue weighted by molar-refractivity contribution is 0.306. The van der Waals surface area contributed by atoms with Crippen LogP contribution in [-0.4, -0.2) is 0 Å². The summed E-state index contributed by atoms with van der Waals surface area (Å²) in [6, 6.07) is 22.4. The summed E-state index contributed by atoms with van der Waals surface area (Å²) < 4.78 is 19.6. The first-order chi connectivity index (χ1) is 11.7. The fraction of sp³-hybridized carbons (Fsp3) is 0.100. The first-order valence-electron chi connectivity index (χ1n) is 7.65. The minimum absolute atomic E-state index is 0.235. The van der Waals surface area contributed by atoms with Crippen molar-refractivity contribution in [3.8, 4) is 5.75 Å². The molecule has 0 amide bonds. The van der Waals surface area contributed by atoms with Gasteiger partial charge in [0.1, 0.15) is 18.2 Å². The van der Waals surface area contributed by atoms with Crippen LogP contribution in [-0.2, 0) is 13.2 Å². The maximum atomic E-state index is 12.9. The van der Waals surface area contributed by atoms with E-state index in [0.717, 1.165) is 28.0 Å². The molecule has 24 heavy (non-hydrogen) atoms. The molecule has 0 unspecified atom stereocenters. The predicted molar refractivity (Wildman–Crippen MR) is 98.6 cm³/mol. The van der Waals surface area contributed by atoms with Crippen molar-refractivity contribution in [1.29, 1.82) is 0 Å². The minimum Gasteiger partial charge on any atom is -0.489 e. The summed E-state index contributed by atoms with van der Waals surface area (Å²) in [5, 5.41) is 3.37. The largest absolute Gasteiger partial charge is 0.489 e. The highest BCUT2D eigenvalue weighted by molar-refractivity contribution is 9.10. The van der Waals surface area contributed by atoms with Gasteiger partial charge in [-0.25, -0.2) is 4.39 Å². The zero-order valence-electron chi connectivity index (χ0n) is 13.0. The molecule has 0 spiro atoms. The van der Waals surface area contributed by atoms with Crippen molar-refractivity contribution in [1.82, 2.24) is 0 Å². The fourth-order valence-corrected chi connectivity index (χ4v) is 2.49. The molecule has 0 aliphatic heterocycles. The Morgan fingerprint density at radius 2 is 1.42 bits per heavy atom. The van der Waals surface area contributed by atoms with Crippen LogP contribution in [0.15, 0.2) is 77.3 Å². The molecule has 0 aliphatic rings. The molecule has 0 saturated carbocycles. The Balaban J connectivity index is 1.51. The molecule has 0 heterocycles. The van der Waals surface area contributed by atoms with Gasteiger partial charge in [0.15, 0.2) is 0 Å². The first-order valence-corrected chi connectivity index (χ1v) is 8.44. The van der Waals surface area contributed by atoms with E-state index >= 15 is 0 Å². The zero-order valence-corrected chi connectivity index (χ0v) is 14.6. The lowest BCUT2D eigenvalue weighted by Gasteiger charge is -2.09. The SMILES string of the molecule is Fc1ccc(COc2ccc(CNc3ccc(Br)cc3)cc2)cc1. The van der Waals surface area contributed by atoms with Crippen molar-refractivity contribution < 1.29 is 9.13 Å². The molecule has 3 aromatic carbocycles. The van der Waals surface area contributed by atoms with E-state index in [0.29, 0.717) is 6.61 Å². The molecule has 0 fully saturated rings. The van der Waals surface area contributed by atoms with Crippen molar-refractivity contribution in [3.05, 3.63) is 94.2 Å². The molecule has 3 rings (SSSR count). The summed E-state index contributed by atoms with van der Waals surface area (Å²) in [5.41, 5.74) is 3.19. The lowest BCUT2D eigenvalue weighted by atomic mass is 10.2. The molecule has 1 N–H and O–H groups in total. The van der Waals surface area contributed by atoms with Gasteiger partial charge in [-0.2, -0.15) is 0 Å². The van der Waals surface area contributed by atoms with Crippen LogP contribution in [0.1, 0.15) is 11.1 Å². The van der Waals surface area contributed by atoms with Crippen LogP contribution in [0, 0.1) is 5.82 Å². The quantitative estimate of drug-likeness (QED) is 0.580. The van der Waals surface area contributed by atoms with E-state index in [-0.39, 0.29) is 5.82 Å². The van der Waals surface area contributed by atoms with Crippen LogP contribution in [0.2, 0.25) is 0 Å². The van der Waals surface area contributed by atoms with Crippen molar-refractivity contribution in [3.63, 3.8) is 0 Å². The van der Waals surface area contributed by atoms with Gasteiger partial charge in [-0.15, -0.1) is 0 Å². The van der Waals surface area contributed by atoms with Gasteiger partial charge in [-0.1, -0.05) is 40.2 Å². The number of benzene rings is 3. The highest BCUT2D eigenvalue weighted by Gasteiger charge is 1.99. The van der Waals surface area contributed by atoms with E-state index in [4.69, 9.17) is 4.74 Å². The Hall–Kier alpha value is -2.33. The molecule has 2 nitrogen and oxygen atoms in total. The Labute approximate surface area is 149 Å². The average Bonchev–Trinajstić information content (AvgIpc) is 2.62. The zero-order chi connectivity index (χ0) is 16.8. The van der Waals surface area contributed by atoms with Crippen molar-refractivity contribution in [2.24, 2.45) is 0 Å². The smallest absolute Gasteiger partial charge is 0.123 e. The van der Waals surface area contributed by atoms with Gasteiger partial charge in [-0.3, -0.25) is 0 Å². The number of rotatable bonds is 6. The minimum atomic E-state index is -0.235. The molecule has 4 heteroatoms. The summed E-state index contributed by atoms with van der Waals surface area (Å²) in [5.74, 6) is 0.563. The molecule has 0 bridgehead atoms. The molecule has 122 valence electrons. The monoisotopic (exact) mass is 385 g/mol. The summed E-state index contributed by atoms with van der Waals surface area (Å²) in [6.45, 7) is 1.18. The number of nitrogens with one attached hydrogen (secondary N) is 1. The first kappa shape index (κ1) is 16.5. The topological polar surface area (TPSA) is 21.3 Å². The van der Waals surface area contributed by atoms with Crippen LogP contribution in [0.3, 0.4) is 0 Å². The van der Waals surface area contributed by atoms with Gasteiger partial charge in [0, 0.05) is 16.7 Å². The van der Waals surface area contributed by atoms with E-state index in [1.165, 1.54) is 17.7 Å².